The number of hydrogen-bond donors (Lipinski definition) is 4. The molecule has 0 saturated heterocycles. The number of nitrogens with one attached hydrogen (secondary N) is 3. The van der Waals surface area contributed by atoms with Crippen LogP contribution in [0, 0.1) is 0 Å². The molecule has 1 fully saturated rings. The Kier molecular flexibility index (Phi) is 11.8. The third-order valence-corrected chi connectivity index (χ3v) is 4.85. The first-order valence-corrected chi connectivity index (χ1v) is 9.09. The first-order chi connectivity index (χ1) is 11.0. The lowest BCUT2D eigenvalue weighted by Crippen LogP contribution is -2.49. The number of nitrogens with two attached hydrogens (primary N) is 1. The number of rotatable bonds is 9. The van der Waals surface area contributed by atoms with E-state index in [4.69, 9.17) is 5.73 Å². The lowest BCUT2D eigenvalue weighted by molar-refractivity contribution is -0.121. The Hall–Kier alpha value is -1.01. The second kappa shape index (κ2) is 12.4. The number of halogens is 1. The molecule has 24 heavy (non-hydrogen) atoms. The normalized spacial score (nSPS) is 15.3. The summed E-state index contributed by atoms with van der Waals surface area (Å²) in [6.07, 6.45) is 8.55. The third kappa shape index (κ3) is 9.33. The number of hydrogen-bond acceptors (Lipinski definition) is 3. The van der Waals surface area contributed by atoms with Crippen LogP contribution >= 0.6 is 12.4 Å². The molecule has 1 aliphatic rings. The van der Waals surface area contributed by atoms with E-state index in [0.717, 1.165) is 25.7 Å². The van der Waals surface area contributed by atoms with E-state index in [1.807, 2.05) is 13.8 Å². The predicted octanol–water partition coefficient (Wildman–Crippen LogP) is 2.45. The van der Waals surface area contributed by atoms with E-state index in [1.165, 1.54) is 19.3 Å². The molecule has 1 rings (SSSR count). The van der Waals surface area contributed by atoms with Gasteiger partial charge in [0.15, 0.2) is 0 Å². The van der Waals surface area contributed by atoms with Gasteiger partial charge < -0.3 is 21.7 Å². The van der Waals surface area contributed by atoms with Gasteiger partial charge in [-0.1, -0.05) is 33.1 Å². The van der Waals surface area contributed by atoms with Gasteiger partial charge in [-0.25, -0.2) is 4.79 Å². The SMILES string of the molecule is CCC(N)(CC)CNC(=O)CCCNC(=O)NC1CCCCC1.Cl. The maximum atomic E-state index is 11.8. The summed E-state index contributed by atoms with van der Waals surface area (Å²) in [5.41, 5.74) is 5.84. The molecule has 0 aliphatic heterocycles. The zero-order valence-corrected chi connectivity index (χ0v) is 16.0. The van der Waals surface area contributed by atoms with Gasteiger partial charge in [0.2, 0.25) is 5.91 Å². The molecule has 0 aromatic carbocycles. The van der Waals surface area contributed by atoms with E-state index in [0.29, 0.717) is 32.0 Å². The van der Waals surface area contributed by atoms with Crippen molar-refractivity contribution in [2.75, 3.05) is 13.1 Å². The zero-order valence-electron chi connectivity index (χ0n) is 15.2. The molecule has 142 valence electrons. The number of carbonyl (C=O) groups excluding carboxylic acids is 2. The molecule has 0 spiro atoms. The third-order valence-electron chi connectivity index (χ3n) is 4.85. The zero-order chi connectivity index (χ0) is 17.1. The molecule has 0 radical (unpaired) electrons. The number of amides is 3. The van der Waals surface area contributed by atoms with Crippen LogP contribution in [0.2, 0.25) is 0 Å². The van der Waals surface area contributed by atoms with Gasteiger partial charge in [0.1, 0.15) is 0 Å². The highest BCUT2D eigenvalue weighted by molar-refractivity contribution is 5.85. The van der Waals surface area contributed by atoms with E-state index in [9.17, 15) is 9.59 Å². The van der Waals surface area contributed by atoms with Crippen molar-refractivity contribution in [1.29, 1.82) is 0 Å². The van der Waals surface area contributed by atoms with Crippen LogP contribution in [0.3, 0.4) is 0 Å². The van der Waals surface area contributed by atoms with E-state index in [-0.39, 0.29) is 29.9 Å². The van der Waals surface area contributed by atoms with Gasteiger partial charge in [-0.05, 0) is 32.1 Å². The van der Waals surface area contributed by atoms with Gasteiger partial charge in [0, 0.05) is 31.1 Å². The standard InChI is InChI=1S/C17H34N4O2.ClH/c1-3-17(18,4-2)13-20-15(22)11-8-12-19-16(23)21-14-9-6-5-7-10-14;/h14H,3-13,18H2,1-2H3,(H,20,22)(H2,19,21,23);1H. The minimum atomic E-state index is -0.312. The van der Waals surface area contributed by atoms with E-state index in [1.54, 1.807) is 0 Å². The molecule has 5 N–H and O–H groups in total. The van der Waals surface area contributed by atoms with Crippen molar-refractivity contribution in [2.45, 2.75) is 83.2 Å². The van der Waals surface area contributed by atoms with Crippen LogP contribution < -0.4 is 21.7 Å². The van der Waals surface area contributed by atoms with E-state index < -0.39 is 0 Å². The van der Waals surface area contributed by atoms with Crippen molar-refractivity contribution in [2.24, 2.45) is 5.73 Å². The highest BCUT2D eigenvalue weighted by Crippen LogP contribution is 2.17. The summed E-state index contributed by atoms with van der Waals surface area (Å²) in [5, 5.41) is 8.71. The highest BCUT2D eigenvalue weighted by Gasteiger charge is 2.20. The molecule has 7 heteroatoms. The molecule has 0 aromatic rings. The molecule has 1 saturated carbocycles. The fourth-order valence-corrected chi connectivity index (χ4v) is 2.80. The summed E-state index contributed by atoms with van der Waals surface area (Å²) in [7, 11) is 0. The van der Waals surface area contributed by atoms with Gasteiger partial charge in [-0.2, -0.15) is 0 Å². The molecular weight excluding hydrogens is 328 g/mol. The van der Waals surface area contributed by atoms with Crippen molar-refractivity contribution < 1.29 is 9.59 Å². The lowest BCUT2D eigenvalue weighted by Gasteiger charge is -2.26. The van der Waals surface area contributed by atoms with Crippen LogP contribution in [0.5, 0.6) is 0 Å². The summed E-state index contributed by atoms with van der Waals surface area (Å²) in [6, 6.07) is 0.197. The van der Waals surface area contributed by atoms with E-state index >= 15 is 0 Å². The average Bonchev–Trinajstić information content (AvgIpc) is 2.57. The maximum Gasteiger partial charge on any atom is 0.315 e. The summed E-state index contributed by atoms with van der Waals surface area (Å²) < 4.78 is 0. The Balaban J connectivity index is 0.00000529. The number of urea groups is 1. The minimum Gasteiger partial charge on any atom is -0.354 e. The first kappa shape index (κ1) is 23.0. The Morgan fingerprint density at radius 3 is 2.29 bits per heavy atom. The smallest absolute Gasteiger partial charge is 0.315 e. The summed E-state index contributed by atoms with van der Waals surface area (Å²) >= 11 is 0. The molecule has 1 aliphatic carbocycles. The Morgan fingerprint density at radius 2 is 1.71 bits per heavy atom. The minimum absolute atomic E-state index is 0. The second-order valence-corrected chi connectivity index (χ2v) is 6.68. The van der Waals surface area contributed by atoms with Crippen molar-refractivity contribution in [3.63, 3.8) is 0 Å². The number of carbonyl (C=O) groups is 2. The topological polar surface area (TPSA) is 96.2 Å². The first-order valence-electron chi connectivity index (χ1n) is 9.09. The predicted molar refractivity (Wildman–Crippen MR) is 100 cm³/mol. The van der Waals surface area contributed by atoms with E-state index in [2.05, 4.69) is 16.0 Å². The van der Waals surface area contributed by atoms with Gasteiger partial charge in [0.05, 0.1) is 0 Å². The van der Waals surface area contributed by atoms with Crippen LogP contribution in [0.25, 0.3) is 0 Å². The monoisotopic (exact) mass is 362 g/mol. The van der Waals surface area contributed by atoms with Crippen LogP contribution in [0.1, 0.15) is 71.6 Å². The Morgan fingerprint density at radius 1 is 1.08 bits per heavy atom. The highest BCUT2D eigenvalue weighted by atomic mass is 35.5. The molecule has 0 bridgehead atoms. The Bertz CT molecular complexity index is 370. The summed E-state index contributed by atoms with van der Waals surface area (Å²) in [6.45, 7) is 5.09. The second-order valence-electron chi connectivity index (χ2n) is 6.68. The molecule has 0 aromatic heterocycles. The quantitative estimate of drug-likeness (QED) is 0.474. The molecular formula is C17H35ClN4O2. The molecule has 6 nitrogen and oxygen atoms in total. The molecule has 0 unspecified atom stereocenters. The molecule has 0 atom stereocenters. The van der Waals surface area contributed by atoms with Crippen molar-refractivity contribution in [1.82, 2.24) is 16.0 Å². The molecule has 0 heterocycles. The van der Waals surface area contributed by atoms with Crippen molar-refractivity contribution in [3.8, 4) is 0 Å². The van der Waals surface area contributed by atoms with Gasteiger partial charge in [0.25, 0.3) is 0 Å². The lowest BCUT2D eigenvalue weighted by atomic mass is 9.94. The molecule has 3 amide bonds. The van der Waals surface area contributed by atoms with Crippen LogP contribution in [-0.4, -0.2) is 36.6 Å². The summed E-state index contributed by atoms with van der Waals surface area (Å²) in [4.78, 5) is 23.5. The van der Waals surface area contributed by atoms with Crippen molar-refractivity contribution >= 4 is 24.3 Å². The van der Waals surface area contributed by atoms with Crippen LogP contribution in [0.4, 0.5) is 4.79 Å². The van der Waals surface area contributed by atoms with Gasteiger partial charge in [-0.15, -0.1) is 12.4 Å². The van der Waals surface area contributed by atoms with Gasteiger partial charge in [-0.3, -0.25) is 4.79 Å². The fourth-order valence-electron chi connectivity index (χ4n) is 2.80. The van der Waals surface area contributed by atoms with Crippen LogP contribution in [0.15, 0.2) is 0 Å². The average molecular weight is 363 g/mol. The van der Waals surface area contributed by atoms with Crippen LogP contribution in [-0.2, 0) is 4.79 Å². The largest absolute Gasteiger partial charge is 0.354 e. The fraction of sp³-hybridized carbons (Fsp3) is 0.882. The summed E-state index contributed by atoms with van der Waals surface area (Å²) in [5.74, 6) is -0.00351. The van der Waals surface area contributed by atoms with Crippen molar-refractivity contribution in [3.05, 3.63) is 0 Å². The Labute approximate surface area is 152 Å². The van der Waals surface area contributed by atoms with Gasteiger partial charge >= 0.3 is 6.03 Å². The maximum absolute atomic E-state index is 11.8.